The number of sulfonamides is 1. The average Bonchev–Trinajstić information content (AvgIpc) is 2.78. The maximum absolute atomic E-state index is 12.9. The van der Waals surface area contributed by atoms with Crippen LogP contribution in [0.5, 0.6) is 5.75 Å². The van der Waals surface area contributed by atoms with Crippen LogP contribution < -0.4 is 4.74 Å². The van der Waals surface area contributed by atoms with Crippen molar-refractivity contribution in [2.45, 2.75) is 37.5 Å². The first-order valence-electron chi connectivity index (χ1n) is 10.8. The van der Waals surface area contributed by atoms with Crippen molar-refractivity contribution in [3.63, 3.8) is 0 Å². The predicted molar refractivity (Wildman–Crippen MR) is 122 cm³/mol. The summed E-state index contributed by atoms with van der Waals surface area (Å²) in [5.74, 6) is 1.40. The molecular weight excluding hydrogens is 412 g/mol. The van der Waals surface area contributed by atoms with Crippen LogP contribution in [0, 0.1) is 5.92 Å². The zero-order valence-corrected chi connectivity index (χ0v) is 19.4. The van der Waals surface area contributed by atoms with Crippen molar-refractivity contribution < 1.29 is 17.9 Å². The third-order valence-corrected chi connectivity index (χ3v) is 7.65. The Morgan fingerprint density at radius 2 is 1.77 bits per heavy atom. The number of likely N-dealkylation sites (tertiary alicyclic amines) is 1. The second kappa shape index (κ2) is 10.3. The van der Waals surface area contributed by atoms with E-state index in [1.807, 2.05) is 24.0 Å². The van der Waals surface area contributed by atoms with Crippen molar-refractivity contribution >= 4 is 15.9 Å². The molecular formula is C24H32N2O4S. The molecule has 0 aliphatic carbocycles. The highest BCUT2D eigenvalue weighted by Crippen LogP contribution is 2.25. The standard InChI is InChI=1S/C24H32N2O4S/c1-4-30-22-12-10-19(11-13-22)8-9-20-14-16-26(17-15-20)24(27)21-6-5-7-23(18-21)31(28,29)25(2)3/h5-7,10-13,18,20H,4,8-9,14-17H2,1-3H3. The zero-order valence-electron chi connectivity index (χ0n) is 18.6. The van der Waals surface area contributed by atoms with Gasteiger partial charge in [-0.2, -0.15) is 0 Å². The number of benzene rings is 2. The maximum Gasteiger partial charge on any atom is 0.253 e. The SMILES string of the molecule is CCOc1ccc(CCC2CCN(C(=O)c3cccc(S(=O)(=O)N(C)C)c3)CC2)cc1. The zero-order chi connectivity index (χ0) is 22.4. The van der Waals surface area contributed by atoms with Crippen LogP contribution in [0.4, 0.5) is 0 Å². The van der Waals surface area contributed by atoms with E-state index in [9.17, 15) is 13.2 Å². The lowest BCUT2D eigenvalue weighted by Gasteiger charge is -2.32. The summed E-state index contributed by atoms with van der Waals surface area (Å²) in [4.78, 5) is 14.9. The maximum atomic E-state index is 12.9. The Morgan fingerprint density at radius 3 is 2.39 bits per heavy atom. The largest absolute Gasteiger partial charge is 0.494 e. The lowest BCUT2D eigenvalue weighted by Crippen LogP contribution is -2.38. The van der Waals surface area contributed by atoms with Gasteiger partial charge in [0.2, 0.25) is 10.0 Å². The Kier molecular flexibility index (Phi) is 7.73. The quantitative estimate of drug-likeness (QED) is 0.621. The van der Waals surface area contributed by atoms with Gasteiger partial charge in [-0.3, -0.25) is 4.79 Å². The van der Waals surface area contributed by atoms with E-state index in [1.165, 1.54) is 31.8 Å². The molecule has 31 heavy (non-hydrogen) atoms. The van der Waals surface area contributed by atoms with Gasteiger partial charge in [0.15, 0.2) is 0 Å². The van der Waals surface area contributed by atoms with Crippen molar-refractivity contribution in [2.75, 3.05) is 33.8 Å². The third kappa shape index (κ3) is 5.86. The molecule has 0 saturated carbocycles. The Bertz CT molecular complexity index is 979. The number of piperidine rings is 1. The number of hydrogen-bond donors (Lipinski definition) is 0. The first-order chi connectivity index (χ1) is 14.8. The lowest BCUT2D eigenvalue weighted by atomic mass is 9.90. The first-order valence-corrected chi connectivity index (χ1v) is 12.3. The molecule has 1 aliphatic rings. The monoisotopic (exact) mass is 444 g/mol. The van der Waals surface area contributed by atoms with Crippen LogP contribution in [0.15, 0.2) is 53.4 Å². The van der Waals surface area contributed by atoms with Crippen molar-refractivity contribution in [2.24, 2.45) is 5.92 Å². The van der Waals surface area contributed by atoms with Crippen molar-refractivity contribution in [3.05, 3.63) is 59.7 Å². The molecule has 0 unspecified atom stereocenters. The number of aryl methyl sites for hydroxylation is 1. The summed E-state index contributed by atoms with van der Waals surface area (Å²) in [6.07, 6.45) is 4.07. The van der Waals surface area contributed by atoms with Gasteiger partial charge >= 0.3 is 0 Å². The minimum atomic E-state index is -3.56. The second-order valence-corrected chi connectivity index (χ2v) is 10.3. The van der Waals surface area contributed by atoms with Gasteiger partial charge in [0.1, 0.15) is 5.75 Å². The topological polar surface area (TPSA) is 66.9 Å². The van der Waals surface area contributed by atoms with Gasteiger partial charge in [-0.15, -0.1) is 0 Å². The molecule has 2 aromatic rings. The molecule has 1 fully saturated rings. The molecule has 6 nitrogen and oxygen atoms in total. The van der Waals surface area contributed by atoms with Gasteiger partial charge in [0.05, 0.1) is 11.5 Å². The van der Waals surface area contributed by atoms with E-state index in [-0.39, 0.29) is 10.8 Å². The number of carbonyl (C=O) groups excluding carboxylic acids is 1. The Labute approximate surface area is 185 Å². The third-order valence-electron chi connectivity index (χ3n) is 5.84. The molecule has 2 aromatic carbocycles. The van der Waals surface area contributed by atoms with Crippen LogP contribution in [0.1, 0.15) is 42.1 Å². The van der Waals surface area contributed by atoms with Gasteiger partial charge in [0.25, 0.3) is 5.91 Å². The van der Waals surface area contributed by atoms with Crippen LogP contribution in [0.3, 0.4) is 0 Å². The van der Waals surface area contributed by atoms with E-state index in [0.717, 1.165) is 35.7 Å². The normalized spacial score (nSPS) is 15.3. The first kappa shape index (κ1) is 23.3. The molecule has 0 bridgehead atoms. The molecule has 168 valence electrons. The highest BCUT2D eigenvalue weighted by atomic mass is 32.2. The molecule has 7 heteroatoms. The van der Waals surface area contributed by atoms with E-state index in [0.29, 0.717) is 31.2 Å². The summed E-state index contributed by atoms with van der Waals surface area (Å²) in [7, 11) is -0.581. The number of carbonyl (C=O) groups is 1. The van der Waals surface area contributed by atoms with Crippen molar-refractivity contribution in [3.8, 4) is 5.75 Å². The lowest BCUT2D eigenvalue weighted by molar-refractivity contribution is 0.0686. The fourth-order valence-electron chi connectivity index (χ4n) is 3.90. The number of ether oxygens (including phenoxy) is 1. The van der Waals surface area contributed by atoms with Crippen molar-refractivity contribution in [1.29, 1.82) is 0 Å². The summed E-state index contributed by atoms with van der Waals surface area (Å²) >= 11 is 0. The summed E-state index contributed by atoms with van der Waals surface area (Å²) < 4.78 is 31.4. The van der Waals surface area contributed by atoms with Gasteiger partial charge in [-0.1, -0.05) is 18.2 Å². The van der Waals surface area contributed by atoms with E-state index in [2.05, 4.69) is 12.1 Å². The fourth-order valence-corrected chi connectivity index (χ4v) is 4.85. The molecule has 1 heterocycles. The Balaban J connectivity index is 1.53. The number of nitrogens with zero attached hydrogens (tertiary/aromatic N) is 2. The molecule has 1 saturated heterocycles. The summed E-state index contributed by atoms with van der Waals surface area (Å²) in [6, 6.07) is 14.6. The smallest absolute Gasteiger partial charge is 0.253 e. The minimum Gasteiger partial charge on any atom is -0.494 e. The molecule has 1 aliphatic heterocycles. The predicted octanol–water partition coefficient (Wildman–Crippen LogP) is 3.82. The molecule has 0 radical (unpaired) electrons. The van der Waals surface area contributed by atoms with Crippen LogP contribution in [-0.2, 0) is 16.4 Å². The van der Waals surface area contributed by atoms with E-state index in [4.69, 9.17) is 4.74 Å². The molecule has 3 rings (SSSR count). The molecule has 0 N–H and O–H groups in total. The summed E-state index contributed by atoms with van der Waals surface area (Å²) in [5.41, 5.74) is 1.73. The summed E-state index contributed by atoms with van der Waals surface area (Å²) in [6.45, 7) is 4.06. The fraction of sp³-hybridized carbons (Fsp3) is 0.458. The number of rotatable bonds is 8. The van der Waals surface area contributed by atoms with Gasteiger partial charge in [-0.25, -0.2) is 12.7 Å². The van der Waals surface area contributed by atoms with Crippen LogP contribution in [0.25, 0.3) is 0 Å². The average molecular weight is 445 g/mol. The molecule has 1 amide bonds. The van der Waals surface area contributed by atoms with E-state index < -0.39 is 10.0 Å². The molecule has 0 aromatic heterocycles. The van der Waals surface area contributed by atoms with Gasteiger partial charge in [0, 0.05) is 32.7 Å². The van der Waals surface area contributed by atoms with E-state index >= 15 is 0 Å². The number of amides is 1. The Morgan fingerprint density at radius 1 is 1.10 bits per heavy atom. The van der Waals surface area contributed by atoms with Crippen LogP contribution >= 0.6 is 0 Å². The van der Waals surface area contributed by atoms with Crippen LogP contribution in [0.2, 0.25) is 0 Å². The van der Waals surface area contributed by atoms with Crippen molar-refractivity contribution in [1.82, 2.24) is 9.21 Å². The van der Waals surface area contributed by atoms with Gasteiger partial charge < -0.3 is 9.64 Å². The van der Waals surface area contributed by atoms with E-state index in [1.54, 1.807) is 12.1 Å². The van der Waals surface area contributed by atoms with Gasteiger partial charge in [-0.05, 0) is 74.4 Å². The highest BCUT2D eigenvalue weighted by Gasteiger charge is 2.25. The number of hydrogen-bond acceptors (Lipinski definition) is 4. The van der Waals surface area contributed by atoms with Crippen LogP contribution in [-0.4, -0.2) is 57.3 Å². The molecule has 0 atom stereocenters. The summed E-state index contributed by atoms with van der Waals surface area (Å²) in [5, 5.41) is 0. The molecule has 0 spiro atoms. The minimum absolute atomic E-state index is 0.0965. The Hall–Kier alpha value is -2.38. The highest BCUT2D eigenvalue weighted by molar-refractivity contribution is 7.89. The second-order valence-electron chi connectivity index (χ2n) is 8.17.